The number of fused-ring (bicyclic) bond motifs is 10. The van der Waals surface area contributed by atoms with Crippen molar-refractivity contribution in [2.45, 2.75) is 38.5 Å². The monoisotopic (exact) mass is 743 g/mol. The largest absolute Gasteiger partial charge is 0.310 e. The van der Waals surface area contributed by atoms with Crippen molar-refractivity contribution in [3.63, 3.8) is 0 Å². The van der Waals surface area contributed by atoms with E-state index in [1.807, 2.05) is 11.3 Å². The minimum atomic E-state index is -0.0682. The number of nitrogens with zero attached hydrogens (tertiary/aromatic N) is 1. The summed E-state index contributed by atoms with van der Waals surface area (Å²) < 4.78 is 2.59. The quantitative estimate of drug-likeness (QED) is 0.173. The normalized spacial score (nSPS) is 14.6. The molecule has 0 bridgehead atoms. The summed E-state index contributed by atoms with van der Waals surface area (Å²) in [6, 6.07) is 58.5. The maximum Gasteiger partial charge on any atom is 0.0482 e. The number of thiophene rings is 1. The van der Waals surface area contributed by atoms with Crippen LogP contribution in [0.1, 0.15) is 49.9 Å². The van der Waals surface area contributed by atoms with Crippen molar-refractivity contribution in [2.24, 2.45) is 0 Å². The average Bonchev–Trinajstić information content (AvgIpc) is 3.76. The van der Waals surface area contributed by atoms with Gasteiger partial charge in [0.25, 0.3) is 0 Å². The zero-order valence-electron chi connectivity index (χ0n) is 31.2. The van der Waals surface area contributed by atoms with E-state index in [0.717, 1.165) is 28.2 Å². The first-order chi connectivity index (χ1) is 26.6. The van der Waals surface area contributed by atoms with Gasteiger partial charge in [-0.15, -0.1) is 11.3 Å². The molecule has 2 aliphatic carbocycles. The number of benzene rings is 8. The van der Waals surface area contributed by atoms with Gasteiger partial charge in [-0.1, -0.05) is 124 Å². The van der Waals surface area contributed by atoms with E-state index in [1.165, 1.54) is 75.5 Å². The molecule has 8 aromatic carbocycles. The Hall–Kier alpha value is -5.67. The van der Waals surface area contributed by atoms with Crippen molar-refractivity contribution in [3.05, 3.63) is 185 Å². The third-order valence-electron chi connectivity index (χ3n) is 12.5. The Labute approximate surface area is 331 Å². The fourth-order valence-electron chi connectivity index (χ4n) is 9.64. The van der Waals surface area contributed by atoms with Crippen LogP contribution in [0.25, 0.3) is 64.3 Å². The molecule has 0 fully saturated rings. The van der Waals surface area contributed by atoms with Crippen LogP contribution < -0.4 is 4.90 Å². The minimum absolute atomic E-state index is 0.0552. The molecule has 0 amide bonds. The molecule has 2 aliphatic rings. The van der Waals surface area contributed by atoms with Crippen LogP contribution in [-0.2, 0) is 10.8 Å². The Morgan fingerprint density at radius 2 is 1.05 bits per heavy atom. The van der Waals surface area contributed by atoms with Gasteiger partial charge in [-0.2, -0.15) is 0 Å². The summed E-state index contributed by atoms with van der Waals surface area (Å²) in [6.07, 6.45) is 0. The summed E-state index contributed by atoms with van der Waals surface area (Å²) in [7, 11) is 0. The lowest BCUT2D eigenvalue weighted by Gasteiger charge is -2.28. The highest BCUT2D eigenvalue weighted by molar-refractivity contribution is 7.25. The molecule has 0 aliphatic heterocycles. The Kier molecular flexibility index (Phi) is 6.94. The number of halogens is 1. The van der Waals surface area contributed by atoms with E-state index in [4.69, 9.17) is 11.6 Å². The Morgan fingerprint density at radius 1 is 0.418 bits per heavy atom. The molecule has 3 heteroatoms. The molecule has 0 radical (unpaired) electrons. The van der Waals surface area contributed by atoms with Crippen LogP contribution >= 0.6 is 22.9 Å². The van der Waals surface area contributed by atoms with E-state index in [0.29, 0.717) is 5.02 Å². The molecule has 0 saturated carbocycles. The average molecular weight is 744 g/mol. The molecule has 9 aromatic rings. The van der Waals surface area contributed by atoms with Crippen molar-refractivity contribution in [3.8, 4) is 33.4 Å². The summed E-state index contributed by atoms with van der Waals surface area (Å²) in [4.78, 5) is 2.39. The van der Waals surface area contributed by atoms with Crippen molar-refractivity contribution in [2.75, 3.05) is 4.90 Å². The lowest BCUT2D eigenvalue weighted by atomic mass is 9.82. The molecule has 1 nitrogen and oxygen atoms in total. The van der Waals surface area contributed by atoms with E-state index < -0.39 is 0 Å². The van der Waals surface area contributed by atoms with Crippen LogP contribution in [0.5, 0.6) is 0 Å². The lowest BCUT2D eigenvalue weighted by molar-refractivity contribution is 0.660. The van der Waals surface area contributed by atoms with Crippen LogP contribution in [-0.4, -0.2) is 0 Å². The van der Waals surface area contributed by atoms with E-state index >= 15 is 0 Å². The van der Waals surface area contributed by atoms with Gasteiger partial charge in [0.1, 0.15) is 0 Å². The molecule has 1 aromatic heterocycles. The van der Waals surface area contributed by atoms with E-state index in [2.05, 4.69) is 190 Å². The first kappa shape index (κ1) is 32.7. The van der Waals surface area contributed by atoms with Gasteiger partial charge in [-0.05, 0) is 139 Å². The predicted octanol–water partition coefficient (Wildman–Crippen LogP) is 15.6. The smallest absolute Gasteiger partial charge is 0.0482 e. The molecule has 264 valence electrons. The summed E-state index contributed by atoms with van der Waals surface area (Å²) in [5.41, 5.74) is 16.2. The first-order valence-electron chi connectivity index (χ1n) is 19.1. The summed E-state index contributed by atoms with van der Waals surface area (Å²) in [5.74, 6) is 0. The Morgan fingerprint density at radius 3 is 1.85 bits per heavy atom. The number of rotatable bonds is 4. The molecule has 0 atom stereocenters. The van der Waals surface area contributed by atoms with Gasteiger partial charge >= 0.3 is 0 Å². The van der Waals surface area contributed by atoms with Crippen LogP contribution in [0, 0.1) is 0 Å². The number of hydrogen-bond acceptors (Lipinski definition) is 2. The highest BCUT2D eigenvalue weighted by atomic mass is 35.5. The van der Waals surface area contributed by atoms with Crippen LogP contribution in [0.4, 0.5) is 17.1 Å². The van der Waals surface area contributed by atoms with E-state index in [1.54, 1.807) is 0 Å². The van der Waals surface area contributed by atoms with Gasteiger partial charge in [0.05, 0.1) is 0 Å². The summed E-state index contributed by atoms with van der Waals surface area (Å²) >= 11 is 8.98. The fraction of sp³-hybridized carbons (Fsp3) is 0.115. The van der Waals surface area contributed by atoms with Crippen molar-refractivity contribution in [1.82, 2.24) is 0 Å². The van der Waals surface area contributed by atoms with E-state index in [9.17, 15) is 0 Å². The van der Waals surface area contributed by atoms with Gasteiger partial charge < -0.3 is 4.90 Å². The third kappa shape index (κ3) is 4.84. The predicted molar refractivity (Wildman–Crippen MR) is 237 cm³/mol. The Bertz CT molecular complexity index is 3070. The Balaban J connectivity index is 1.09. The molecule has 0 unspecified atom stereocenters. The standard InChI is InChI=1S/C52H38ClNS/c1-51(2)45-14-8-6-12-40(45)43-29-36(19-21-47(43)51)54(37-20-22-50-44(30-37)41-13-7-10-16-49(41)55-50)38-25-34(24-35(53)28-38)31-17-18-32-26-42-39-11-5-9-15-46(39)52(3,4)48(42)27-33(32)23-31/h5-30H,1-4H3. The maximum absolute atomic E-state index is 7.13. The van der Waals surface area contributed by atoms with Crippen LogP contribution in [0.2, 0.25) is 5.02 Å². The van der Waals surface area contributed by atoms with Gasteiger partial charge in [0.2, 0.25) is 0 Å². The molecule has 0 spiro atoms. The minimum Gasteiger partial charge on any atom is -0.310 e. The number of anilines is 3. The van der Waals surface area contributed by atoms with Gasteiger partial charge in [-0.25, -0.2) is 0 Å². The van der Waals surface area contributed by atoms with Crippen molar-refractivity contribution in [1.29, 1.82) is 0 Å². The second kappa shape index (κ2) is 11.7. The number of hydrogen-bond donors (Lipinski definition) is 0. The zero-order chi connectivity index (χ0) is 37.2. The van der Waals surface area contributed by atoms with Crippen molar-refractivity contribution < 1.29 is 0 Å². The second-order valence-corrected chi connectivity index (χ2v) is 17.9. The first-order valence-corrected chi connectivity index (χ1v) is 20.3. The molecule has 1 heterocycles. The van der Waals surface area contributed by atoms with Crippen LogP contribution in [0.3, 0.4) is 0 Å². The molecule has 55 heavy (non-hydrogen) atoms. The molecule has 0 N–H and O–H groups in total. The van der Waals surface area contributed by atoms with E-state index in [-0.39, 0.29) is 10.8 Å². The van der Waals surface area contributed by atoms with Crippen molar-refractivity contribution >= 4 is 70.9 Å². The molecular weight excluding hydrogens is 706 g/mol. The topological polar surface area (TPSA) is 3.24 Å². The summed E-state index contributed by atoms with van der Waals surface area (Å²) in [6.45, 7) is 9.37. The zero-order valence-corrected chi connectivity index (χ0v) is 32.8. The third-order valence-corrected chi connectivity index (χ3v) is 13.8. The molecule has 11 rings (SSSR count). The fourth-order valence-corrected chi connectivity index (χ4v) is 11.0. The molecular formula is C52H38ClNS. The molecule has 0 saturated heterocycles. The lowest BCUT2D eigenvalue weighted by Crippen LogP contribution is -2.15. The highest BCUT2D eigenvalue weighted by Crippen LogP contribution is 2.52. The summed E-state index contributed by atoms with van der Waals surface area (Å²) in [5, 5.41) is 5.75. The van der Waals surface area contributed by atoms with Gasteiger partial charge in [-0.3, -0.25) is 0 Å². The SMILES string of the molecule is CC1(C)c2ccccc2-c2cc(N(c3cc(Cl)cc(-c4ccc5cc6c(cc5c4)C(C)(C)c4ccccc4-6)c3)c3ccc4sc5ccccc5c4c3)ccc21. The highest BCUT2D eigenvalue weighted by Gasteiger charge is 2.36. The second-order valence-electron chi connectivity index (χ2n) is 16.3. The van der Waals surface area contributed by atoms with Gasteiger partial charge in [0.15, 0.2) is 0 Å². The van der Waals surface area contributed by atoms with Gasteiger partial charge in [0, 0.05) is 53.1 Å². The maximum atomic E-state index is 7.13. The van der Waals surface area contributed by atoms with Crippen LogP contribution in [0.15, 0.2) is 158 Å².